The van der Waals surface area contributed by atoms with E-state index in [0.717, 1.165) is 13.3 Å². The van der Waals surface area contributed by atoms with E-state index in [4.69, 9.17) is 0 Å². The second-order valence-corrected chi connectivity index (χ2v) is 15.2. The molecule has 0 N–H and O–H groups in total. The maximum Gasteiger partial charge on any atom is 0.100 e. The fourth-order valence-corrected chi connectivity index (χ4v) is 6.59. The van der Waals surface area contributed by atoms with Gasteiger partial charge in [-0.15, -0.1) is 0 Å². The van der Waals surface area contributed by atoms with Crippen LogP contribution in [0.5, 0.6) is 0 Å². The Labute approximate surface area is 271 Å². The van der Waals surface area contributed by atoms with Gasteiger partial charge < -0.3 is 19.6 Å². The zero-order chi connectivity index (χ0) is 32.4. The van der Waals surface area contributed by atoms with Gasteiger partial charge in [-0.2, -0.15) is 0 Å². The second kappa shape index (κ2) is 11.0. The molecule has 0 aromatic heterocycles. The van der Waals surface area contributed by atoms with Crippen LogP contribution in [0.1, 0.15) is 83.2 Å². The third kappa shape index (κ3) is 5.72. The lowest BCUT2D eigenvalue weighted by molar-refractivity contribution is 0.590. The van der Waals surface area contributed by atoms with Crippen molar-refractivity contribution in [1.29, 1.82) is 0 Å². The van der Waals surface area contributed by atoms with Gasteiger partial charge in [0.2, 0.25) is 0 Å². The SMILES string of the molecule is CC1=C(C)N(c2cc(C)cc(N3CN(c4ccc(C(C)(C)C)cc4)c4cc(C)c(C)cc43)c2)CN1c1ccc(C(C)(C)C)cc1. The quantitative estimate of drug-likeness (QED) is 0.232. The molecule has 2 aliphatic heterocycles. The molecule has 0 amide bonds. The van der Waals surface area contributed by atoms with Gasteiger partial charge >= 0.3 is 0 Å². The van der Waals surface area contributed by atoms with Gasteiger partial charge in [0.25, 0.3) is 0 Å². The molecule has 0 unspecified atom stereocenters. The third-order valence-electron chi connectivity index (χ3n) is 9.83. The molecule has 45 heavy (non-hydrogen) atoms. The number of hydrogen-bond donors (Lipinski definition) is 0. The second-order valence-electron chi connectivity index (χ2n) is 15.2. The minimum Gasteiger partial charge on any atom is -0.325 e. The van der Waals surface area contributed by atoms with E-state index in [1.54, 1.807) is 0 Å². The van der Waals surface area contributed by atoms with Gasteiger partial charge in [-0.3, -0.25) is 0 Å². The number of anilines is 6. The zero-order valence-electron chi connectivity index (χ0n) is 29.2. The summed E-state index contributed by atoms with van der Waals surface area (Å²) in [4.78, 5) is 9.85. The topological polar surface area (TPSA) is 13.0 Å². The number of allylic oxidation sites excluding steroid dienone is 2. The minimum absolute atomic E-state index is 0.130. The molecule has 0 spiro atoms. The van der Waals surface area contributed by atoms with Gasteiger partial charge in [0.1, 0.15) is 6.67 Å². The Bertz CT molecular complexity index is 1760. The van der Waals surface area contributed by atoms with Crippen LogP contribution in [0.4, 0.5) is 34.1 Å². The predicted molar refractivity (Wildman–Crippen MR) is 195 cm³/mol. The van der Waals surface area contributed by atoms with Gasteiger partial charge in [-0.05, 0) is 128 Å². The van der Waals surface area contributed by atoms with Crippen LogP contribution in [0, 0.1) is 20.8 Å². The van der Waals surface area contributed by atoms with E-state index in [-0.39, 0.29) is 10.8 Å². The Kier molecular flexibility index (Phi) is 7.54. The summed E-state index contributed by atoms with van der Waals surface area (Å²) in [6.45, 7) is 26.4. The minimum atomic E-state index is 0.130. The van der Waals surface area contributed by atoms with E-state index in [2.05, 4.69) is 175 Å². The van der Waals surface area contributed by atoms with Crippen molar-refractivity contribution in [2.24, 2.45) is 0 Å². The summed E-state index contributed by atoms with van der Waals surface area (Å²) in [5.41, 5.74) is 16.9. The van der Waals surface area contributed by atoms with Crippen molar-refractivity contribution in [3.8, 4) is 0 Å². The van der Waals surface area contributed by atoms with Gasteiger partial charge in [-0.25, -0.2) is 0 Å². The average Bonchev–Trinajstić information content (AvgIpc) is 3.49. The van der Waals surface area contributed by atoms with Gasteiger partial charge in [0.05, 0.1) is 18.0 Å². The summed E-state index contributed by atoms with van der Waals surface area (Å²) in [5, 5.41) is 0. The first kappa shape index (κ1) is 30.8. The summed E-state index contributed by atoms with van der Waals surface area (Å²) < 4.78 is 0. The molecular weight excluding hydrogens is 548 g/mol. The molecule has 234 valence electrons. The number of nitrogens with zero attached hydrogens (tertiary/aromatic N) is 4. The molecule has 0 saturated carbocycles. The molecule has 0 radical (unpaired) electrons. The van der Waals surface area contributed by atoms with E-state index < -0.39 is 0 Å². The molecule has 2 heterocycles. The highest BCUT2D eigenvalue weighted by atomic mass is 15.4. The first-order valence-corrected chi connectivity index (χ1v) is 16.3. The van der Waals surface area contributed by atoms with E-state index in [1.807, 2.05) is 0 Å². The van der Waals surface area contributed by atoms with Crippen molar-refractivity contribution in [3.05, 3.63) is 118 Å². The highest BCUT2D eigenvalue weighted by molar-refractivity contribution is 5.89. The molecule has 0 fully saturated rings. The van der Waals surface area contributed by atoms with E-state index >= 15 is 0 Å². The lowest BCUT2D eigenvalue weighted by Crippen LogP contribution is -2.28. The summed E-state index contributed by atoms with van der Waals surface area (Å²) in [7, 11) is 0. The van der Waals surface area contributed by atoms with Crippen LogP contribution in [0.15, 0.2) is 90.3 Å². The van der Waals surface area contributed by atoms with Crippen LogP contribution >= 0.6 is 0 Å². The summed E-state index contributed by atoms with van der Waals surface area (Å²) >= 11 is 0. The number of benzene rings is 4. The third-order valence-corrected chi connectivity index (χ3v) is 9.83. The van der Waals surface area contributed by atoms with Crippen molar-refractivity contribution >= 4 is 34.1 Å². The Hall–Kier alpha value is -4.18. The Balaban J connectivity index is 1.34. The van der Waals surface area contributed by atoms with Crippen molar-refractivity contribution < 1.29 is 0 Å². The highest BCUT2D eigenvalue weighted by Crippen LogP contribution is 2.47. The maximum atomic E-state index is 2.49. The number of rotatable bonds is 4. The molecule has 4 aromatic rings. The molecule has 0 saturated heterocycles. The zero-order valence-corrected chi connectivity index (χ0v) is 29.2. The van der Waals surface area contributed by atoms with Crippen LogP contribution in [-0.2, 0) is 10.8 Å². The van der Waals surface area contributed by atoms with Gasteiger partial charge in [0.15, 0.2) is 0 Å². The molecule has 0 bridgehead atoms. The fourth-order valence-electron chi connectivity index (χ4n) is 6.59. The lowest BCUT2D eigenvalue weighted by Gasteiger charge is -2.27. The molecule has 2 aliphatic rings. The van der Waals surface area contributed by atoms with Crippen molar-refractivity contribution in [3.63, 3.8) is 0 Å². The maximum absolute atomic E-state index is 2.49. The number of fused-ring (bicyclic) bond motifs is 1. The van der Waals surface area contributed by atoms with Crippen LogP contribution in [0.25, 0.3) is 0 Å². The molecule has 0 aliphatic carbocycles. The van der Waals surface area contributed by atoms with Gasteiger partial charge in [0, 0.05) is 34.1 Å². The molecular formula is C41H50N4. The first-order chi connectivity index (χ1) is 21.1. The van der Waals surface area contributed by atoms with E-state index in [1.165, 1.54) is 73.3 Å². The fraction of sp³-hybridized carbons (Fsp3) is 0.366. The average molecular weight is 599 g/mol. The normalized spacial score (nSPS) is 15.4. The molecule has 4 aromatic carbocycles. The molecule has 0 atom stereocenters. The number of aryl methyl sites for hydroxylation is 3. The van der Waals surface area contributed by atoms with Crippen LogP contribution in [0.3, 0.4) is 0 Å². The van der Waals surface area contributed by atoms with Crippen LogP contribution < -0.4 is 19.6 Å². The van der Waals surface area contributed by atoms with Crippen LogP contribution in [-0.4, -0.2) is 13.3 Å². The van der Waals surface area contributed by atoms with Crippen molar-refractivity contribution in [2.45, 2.75) is 87.0 Å². The van der Waals surface area contributed by atoms with Gasteiger partial charge in [-0.1, -0.05) is 65.8 Å². The van der Waals surface area contributed by atoms with Crippen molar-refractivity contribution in [1.82, 2.24) is 0 Å². The standard InChI is InChI=1S/C41H50N4/c1-27-20-36(43-25-42(30(4)31(43)5)34-16-12-32(13-17-34)40(6,7)8)24-37(21-27)45-26-44(38-22-28(2)29(3)23-39(38)45)35-18-14-33(15-19-35)41(9,10)11/h12-24H,25-26H2,1-11H3. The molecule has 4 nitrogen and oxygen atoms in total. The number of hydrogen-bond acceptors (Lipinski definition) is 4. The largest absolute Gasteiger partial charge is 0.325 e. The Morgan fingerprint density at radius 2 is 0.778 bits per heavy atom. The Morgan fingerprint density at radius 3 is 1.22 bits per heavy atom. The molecule has 4 heteroatoms. The lowest BCUT2D eigenvalue weighted by atomic mass is 9.87. The summed E-state index contributed by atoms with van der Waals surface area (Å²) in [5.74, 6) is 0. The van der Waals surface area contributed by atoms with E-state index in [9.17, 15) is 0 Å². The predicted octanol–water partition coefficient (Wildman–Crippen LogP) is 11.0. The Morgan fingerprint density at radius 1 is 0.422 bits per heavy atom. The molecule has 6 rings (SSSR count). The van der Waals surface area contributed by atoms with Crippen molar-refractivity contribution in [2.75, 3.05) is 32.9 Å². The first-order valence-electron chi connectivity index (χ1n) is 16.3. The summed E-state index contributed by atoms with van der Waals surface area (Å²) in [6.07, 6.45) is 0. The van der Waals surface area contributed by atoms with Crippen LogP contribution in [0.2, 0.25) is 0 Å². The van der Waals surface area contributed by atoms with E-state index in [0.29, 0.717) is 0 Å². The highest BCUT2D eigenvalue weighted by Gasteiger charge is 2.31. The monoisotopic (exact) mass is 598 g/mol. The summed E-state index contributed by atoms with van der Waals surface area (Å²) in [6, 6.07) is 30.0. The smallest absolute Gasteiger partial charge is 0.100 e.